The van der Waals surface area contributed by atoms with E-state index >= 15 is 0 Å². The van der Waals surface area contributed by atoms with Crippen molar-refractivity contribution in [2.75, 3.05) is 11.9 Å². The van der Waals surface area contributed by atoms with Crippen LogP contribution in [0.5, 0.6) is 0 Å². The molecule has 82 valence electrons. The smallest absolute Gasteiger partial charge is 0.321 e. The van der Waals surface area contributed by atoms with Crippen molar-refractivity contribution in [3.05, 3.63) is 5.01 Å². The summed E-state index contributed by atoms with van der Waals surface area (Å²) in [6.07, 6.45) is 3.76. The molecule has 0 bridgehead atoms. The normalized spacial score (nSPS) is 15.8. The first kappa shape index (κ1) is 10.4. The highest BCUT2D eigenvalue weighted by molar-refractivity contribution is 7.15. The first-order chi connectivity index (χ1) is 7.24. The van der Waals surface area contributed by atoms with Gasteiger partial charge in [-0.1, -0.05) is 17.8 Å². The molecule has 1 fully saturated rings. The summed E-state index contributed by atoms with van der Waals surface area (Å²) in [5.41, 5.74) is 0. The lowest BCUT2D eigenvalue weighted by molar-refractivity contribution is 0.243. The summed E-state index contributed by atoms with van der Waals surface area (Å²) in [5, 5.41) is 14.5. The summed E-state index contributed by atoms with van der Waals surface area (Å²) < 4.78 is 0. The molecule has 0 unspecified atom stereocenters. The molecule has 2 N–H and O–H groups in total. The highest BCUT2D eigenvalue weighted by Gasteiger charge is 2.17. The minimum absolute atomic E-state index is 0.182. The van der Waals surface area contributed by atoms with Crippen LogP contribution in [0.15, 0.2) is 0 Å². The van der Waals surface area contributed by atoms with Gasteiger partial charge in [-0.25, -0.2) is 4.79 Å². The molecule has 0 atom stereocenters. The number of urea groups is 1. The van der Waals surface area contributed by atoms with Gasteiger partial charge >= 0.3 is 6.03 Å². The molecule has 0 aliphatic heterocycles. The average molecular weight is 226 g/mol. The lowest BCUT2D eigenvalue weighted by atomic mass is 9.85. The Morgan fingerprint density at radius 2 is 2.33 bits per heavy atom. The molecular weight excluding hydrogens is 212 g/mol. The molecule has 6 heteroatoms. The Hall–Kier alpha value is -1.17. The summed E-state index contributed by atoms with van der Waals surface area (Å²) >= 11 is 1.38. The van der Waals surface area contributed by atoms with Crippen LogP contribution in [-0.2, 0) is 0 Å². The standard InChI is InChI=1S/C9H14N4OS/c1-6-12-13-9(15-6)11-8(14)10-5-7-3-2-4-7/h7H,2-5H2,1H3,(H2,10,11,13,14). The van der Waals surface area contributed by atoms with Crippen molar-refractivity contribution in [3.63, 3.8) is 0 Å². The van der Waals surface area contributed by atoms with Crippen molar-refractivity contribution < 1.29 is 4.79 Å². The van der Waals surface area contributed by atoms with Gasteiger partial charge in [0, 0.05) is 6.54 Å². The highest BCUT2D eigenvalue weighted by atomic mass is 32.1. The second-order valence-corrected chi connectivity index (χ2v) is 4.94. The van der Waals surface area contributed by atoms with Crippen LogP contribution in [0.4, 0.5) is 9.93 Å². The molecule has 0 saturated heterocycles. The Balaban J connectivity index is 1.71. The second kappa shape index (κ2) is 4.57. The van der Waals surface area contributed by atoms with Crippen LogP contribution < -0.4 is 10.6 Å². The second-order valence-electron chi connectivity index (χ2n) is 3.76. The predicted molar refractivity (Wildman–Crippen MR) is 59.0 cm³/mol. The monoisotopic (exact) mass is 226 g/mol. The van der Waals surface area contributed by atoms with Crippen molar-refractivity contribution in [3.8, 4) is 0 Å². The Labute approximate surface area is 92.3 Å². The van der Waals surface area contributed by atoms with Gasteiger partial charge in [-0.3, -0.25) is 5.32 Å². The highest BCUT2D eigenvalue weighted by Crippen LogP contribution is 2.25. The number of nitrogens with one attached hydrogen (secondary N) is 2. The van der Waals surface area contributed by atoms with E-state index in [2.05, 4.69) is 20.8 Å². The first-order valence-electron chi connectivity index (χ1n) is 5.09. The average Bonchev–Trinajstić information content (AvgIpc) is 2.48. The van der Waals surface area contributed by atoms with E-state index in [0.29, 0.717) is 11.0 Å². The molecule has 1 aromatic rings. The molecule has 0 spiro atoms. The van der Waals surface area contributed by atoms with Crippen LogP contribution in [0.3, 0.4) is 0 Å². The van der Waals surface area contributed by atoms with Gasteiger partial charge in [-0.2, -0.15) is 0 Å². The maximum Gasteiger partial charge on any atom is 0.321 e. The summed E-state index contributed by atoms with van der Waals surface area (Å²) in [5.74, 6) is 0.673. The van der Waals surface area contributed by atoms with Crippen LogP contribution in [-0.4, -0.2) is 22.8 Å². The van der Waals surface area contributed by atoms with Gasteiger partial charge in [0.25, 0.3) is 0 Å². The zero-order valence-corrected chi connectivity index (χ0v) is 9.43. The SMILES string of the molecule is Cc1nnc(NC(=O)NCC2CCC2)s1. The summed E-state index contributed by atoms with van der Waals surface area (Å²) in [6.45, 7) is 2.62. The van der Waals surface area contributed by atoms with Crippen molar-refractivity contribution in [1.29, 1.82) is 0 Å². The molecule has 1 aromatic heterocycles. The van der Waals surface area contributed by atoms with Crippen molar-refractivity contribution in [2.24, 2.45) is 5.92 Å². The molecule has 0 aromatic carbocycles. The van der Waals surface area contributed by atoms with E-state index in [0.717, 1.165) is 11.6 Å². The Kier molecular flexibility index (Phi) is 3.15. The molecule has 5 nitrogen and oxygen atoms in total. The Morgan fingerprint density at radius 3 is 2.87 bits per heavy atom. The maximum atomic E-state index is 11.4. The topological polar surface area (TPSA) is 66.9 Å². The Bertz CT molecular complexity index is 348. The van der Waals surface area contributed by atoms with Crippen LogP contribution in [0, 0.1) is 12.8 Å². The van der Waals surface area contributed by atoms with Gasteiger partial charge in [0.05, 0.1) is 0 Å². The molecule has 1 aliphatic carbocycles. The van der Waals surface area contributed by atoms with Crippen LogP contribution in [0.1, 0.15) is 24.3 Å². The van der Waals surface area contributed by atoms with Gasteiger partial charge in [-0.05, 0) is 25.7 Å². The quantitative estimate of drug-likeness (QED) is 0.825. The summed E-state index contributed by atoms with van der Waals surface area (Å²) in [4.78, 5) is 11.4. The number of nitrogens with zero attached hydrogens (tertiary/aromatic N) is 2. The molecule has 0 radical (unpaired) electrons. The fourth-order valence-electron chi connectivity index (χ4n) is 1.42. The van der Waals surface area contributed by atoms with Gasteiger partial charge in [0.15, 0.2) is 0 Å². The van der Waals surface area contributed by atoms with Gasteiger partial charge in [0.1, 0.15) is 5.01 Å². The van der Waals surface area contributed by atoms with E-state index in [-0.39, 0.29) is 6.03 Å². The number of hydrogen-bond acceptors (Lipinski definition) is 4. The maximum absolute atomic E-state index is 11.4. The molecular formula is C9H14N4OS. The minimum atomic E-state index is -0.182. The van der Waals surface area contributed by atoms with Crippen LogP contribution in [0.2, 0.25) is 0 Å². The Morgan fingerprint density at radius 1 is 1.53 bits per heavy atom. The fraction of sp³-hybridized carbons (Fsp3) is 0.667. The van der Waals surface area contributed by atoms with E-state index in [4.69, 9.17) is 0 Å². The molecule has 1 aliphatic rings. The number of hydrogen-bond donors (Lipinski definition) is 2. The van der Waals surface area contributed by atoms with E-state index in [9.17, 15) is 4.79 Å². The number of aromatic nitrogens is 2. The molecule has 2 amide bonds. The minimum Gasteiger partial charge on any atom is -0.338 e. The van der Waals surface area contributed by atoms with E-state index in [1.165, 1.54) is 30.6 Å². The summed E-state index contributed by atoms with van der Waals surface area (Å²) in [7, 11) is 0. The molecule has 2 rings (SSSR count). The van der Waals surface area contributed by atoms with Gasteiger partial charge in [0.2, 0.25) is 5.13 Å². The number of rotatable bonds is 3. The van der Waals surface area contributed by atoms with E-state index in [1.807, 2.05) is 6.92 Å². The van der Waals surface area contributed by atoms with Crippen molar-refractivity contribution >= 4 is 22.5 Å². The molecule has 15 heavy (non-hydrogen) atoms. The first-order valence-corrected chi connectivity index (χ1v) is 5.90. The zero-order chi connectivity index (χ0) is 10.7. The van der Waals surface area contributed by atoms with Crippen molar-refractivity contribution in [2.45, 2.75) is 26.2 Å². The largest absolute Gasteiger partial charge is 0.338 e. The number of carbonyl (C=O) groups is 1. The zero-order valence-electron chi connectivity index (χ0n) is 8.62. The lowest BCUT2D eigenvalue weighted by Crippen LogP contribution is -2.35. The number of anilines is 1. The third-order valence-corrected chi connectivity index (χ3v) is 3.28. The van der Waals surface area contributed by atoms with Crippen molar-refractivity contribution in [1.82, 2.24) is 15.5 Å². The third kappa shape index (κ3) is 2.89. The van der Waals surface area contributed by atoms with Gasteiger partial charge in [-0.15, -0.1) is 10.2 Å². The van der Waals surface area contributed by atoms with Crippen LogP contribution in [0.25, 0.3) is 0 Å². The number of aryl methyl sites for hydroxylation is 1. The molecule has 1 heterocycles. The predicted octanol–water partition coefficient (Wildman–Crippen LogP) is 1.77. The molecule has 1 saturated carbocycles. The fourth-order valence-corrected chi connectivity index (χ4v) is 2.01. The van der Waals surface area contributed by atoms with E-state index < -0.39 is 0 Å². The number of carbonyl (C=O) groups excluding carboxylic acids is 1. The third-order valence-electron chi connectivity index (χ3n) is 2.52. The summed E-state index contributed by atoms with van der Waals surface area (Å²) in [6, 6.07) is -0.182. The van der Waals surface area contributed by atoms with Crippen LogP contribution >= 0.6 is 11.3 Å². The van der Waals surface area contributed by atoms with Gasteiger partial charge < -0.3 is 5.32 Å². The lowest BCUT2D eigenvalue weighted by Gasteiger charge is -2.25. The number of amides is 2. The van der Waals surface area contributed by atoms with E-state index in [1.54, 1.807) is 0 Å².